The fourth-order valence-corrected chi connectivity index (χ4v) is 2.12. The number of hydrogen-bond acceptors (Lipinski definition) is 6. The van der Waals surface area contributed by atoms with Crippen LogP contribution < -0.4 is 15.2 Å². The highest BCUT2D eigenvalue weighted by Crippen LogP contribution is 2.40. The summed E-state index contributed by atoms with van der Waals surface area (Å²) in [6.07, 6.45) is 0. The minimum Gasteiger partial charge on any atom is -0.486 e. The van der Waals surface area contributed by atoms with Crippen molar-refractivity contribution in [3.05, 3.63) is 23.1 Å². The predicted octanol–water partition coefficient (Wildman–Crippen LogP) is 1.58. The summed E-state index contributed by atoms with van der Waals surface area (Å²) >= 11 is 0. The van der Waals surface area contributed by atoms with Gasteiger partial charge in [-0.05, 0) is 31.0 Å². The molecule has 0 radical (unpaired) electrons. The zero-order chi connectivity index (χ0) is 13.4. The van der Waals surface area contributed by atoms with Crippen LogP contribution >= 0.6 is 0 Å². The van der Waals surface area contributed by atoms with Crippen LogP contribution in [0.15, 0.2) is 10.6 Å². The SMILES string of the molecule is Cc1c(-c2noc(CN)n2)cc2c(c1C)OCCO2. The van der Waals surface area contributed by atoms with Crippen molar-refractivity contribution in [2.45, 2.75) is 20.4 Å². The number of nitrogens with two attached hydrogens (primary N) is 1. The first-order valence-electron chi connectivity index (χ1n) is 6.13. The van der Waals surface area contributed by atoms with Crippen molar-refractivity contribution >= 4 is 0 Å². The molecule has 0 atom stereocenters. The van der Waals surface area contributed by atoms with E-state index < -0.39 is 0 Å². The van der Waals surface area contributed by atoms with Crippen molar-refractivity contribution in [1.29, 1.82) is 0 Å². The smallest absolute Gasteiger partial charge is 0.240 e. The normalized spacial score (nSPS) is 13.6. The summed E-state index contributed by atoms with van der Waals surface area (Å²) in [4.78, 5) is 4.25. The van der Waals surface area contributed by atoms with Gasteiger partial charge in [-0.25, -0.2) is 0 Å². The van der Waals surface area contributed by atoms with Gasteiger partial charge in [0, 0.05) is 5.56 Å². The van der Waals surface area contributed by atoms with Gasteiger partial charge in [0.05, 0.1) is 6.54 Å². The van der Waals surface area contributed by atoms with Crippen LogP contribution in [0, 0.1) is 13.8 Å². The van der Waals surface area contributed by atoms with Gasteiger partial charge in [-0.3, -0.25) is 0 Å². The lowest BCUT2D eigenvalue weighted by atomic mass is 10.0. The summed E-state index contributed by atoms with van der Waals surface area (Å²) in [6.45, 7) is 5.36. The third-order valence-electron chi connectivity index (χ3n) is 3.28. The van der Waals surface area contributed by atoms with E-state index >= 15 is 0 Å². The summed E-state index contributed by atoms with van der Waals surface area (Å²) < 4.78 is 16.3. The molecule has 6 heteroatoms. The third kappa shape index (κ3) is 1.94. The van der Waals surface area contributed by atoms with Crippen molar-refractivity contribution in [2.75, 3.05) is 13.2 Å². The summed E-state index contributed by atoms with van der Waals surface area (Å²) in [6, 6.07) is 1.89. The highest BCUT2D eigenvalue weighted by atomic mass is 16.6. The van der Waals surface area contributed by atoms with E-state index in [1.807, 2.05) is 19.9 Å². The average Bonchev–Trinajstić information content (AvgIpc) is 2.91. The van der Waals surface area contributed by atoms with Gasteiger partial charge in [0.2, 0.25) is 11.7 Å². The van der Waals surface area contributed by atoms with Crippen LogP contribution in [-0.2, 0) is 6.54 Å². The molecule has 0 saturated heterocycles. The maximum absolute atomic E-state index is 5.64. The molecule has 3 rings (SSSR count). The Morgan fingerprint density at radius 2 is 2.00 bits per heavy atom. The number of nitrogens with zero attached hydrogens (tertiary/aromatic N) is 2. The first-order chi connectivity index (χ1) is 9.20. The van der Waals surface area contributed by atoms with Gasteiger partial charge in [-0.2, -0.15) is 4.98 Å². The second-order valence-corrected chi connectivity index (χ2v) is 4.41. The van der Waals surface area contributed by atoms with Gasteiger partial charge in [0.25, 0.3) is 0 Å². The molecule has 2 N–H and O–H groups in total. The van der Waals surface area contributed by atoms with Crippen molar-refractivity contribution in [3.63, 3.8) is 0 Å². The standard InChI is InChI=1S/C13H15N3O3/c1-7-8(2)12-10(17-3-4-18-12)5-9(7)13-15-11(6-14)19-16-13/h5H,3-4,6,14H2,1-2H3. The first kappa shape index (κ1) is 12.0. The summed E-state index contributed by atoms with van der Waals surface area (Å²) in [5.41, 5.74) is 8.44. The topological polar surface area (TPSA) is 83.4 Å². The van der Waals surface area contributed by atoms with E-state index in [2.05, 4.69) is 10.1 Å². The number of hydrogen-bond donors (Lipinski definition) is 1. The number of benzene rings is 1. The summed E-state index contributed by atoms with van der Waals surface area (Å²) in [5.74, 6) is 2.47. The van der Waals surface area contributed by atoms with Crippen molar-refractivity contribution in [2.24, 2.45) is 5.73 Å². The Hall–Kier alpha value is -2.08. The molecule has 0 aliphatic carbocycles. The molecule has 0 amide bonds. The van der Waals surface area contributed by atoms with Gasteiger partial charge >= 0.3 is 0 Å². The molecular weight excluding hydrogens is 246 g/mol. The number of fused-ring (bicyclic) bond motifs is 1. The van der Waals surface area contributed by atoms with Gasteiger partial charge < -0.3 is 19.7 Å². The van der Waals surface area contributed by atoms with Crippen LogP contribution in [0.1, 0.15) is 17.0 Å². The Kier molecular flexibility index (Phi) is 2.87. The Bertz CT molecular complexity index is 622. The lowest BCUT2D eigenvalue weighted by Gasteiger charge is -2.22. The fourth-order valence-electron chi connectivity index (χ4n) is 2.12. The molecule has 1 aliphatic rings. The quantitative estimate of drug-likeness (QED) is 0.883. The molecule has 1 aromatic heterocycles. The molecule has 0 bridgehead atoms. The molecule has 2 heterocycles. The van der Waals surface area contributed by atoms with E-state index in [4.69, 9.17) is 19.7 Å². The largest absolute Gasteiger partial charge is 0.486 e. The molecule has 6 nitrogen and oxygen atoms in total. The zero-order valence-corrected chi connectivity index (χ0v) is 10.9. The number of rotatable bonds is 2. The monoisotopic (exact) mass is 261 g/mol. The molecule has 0 unspecified atom stereocenters. The van der Waals surface area contributed by atoms with E-state index in [1.165, 1.54) is 0 Å². The van der Waals surface area contributed by atoms with Crippen LogP contribution in [-0.4, -0.2) is 23.4 Å². The van der Waals surface area contributed by atoms with Crippen molar-refractivity contribution in [1.82, 2.24) is 10.1 Å². The Morgan fingerprint density at radius 3 is 2.74 bits per heavy atom. The lowest BCUT2D eigenvalue weighted by Crippen LogP contribution is -2.16. The highest BCUT2D eigenvalue weighted by Gasteiger charge is 2.21. The van der Waals surface area contributed by atoms with E-state index in [1.54, 1.807) is 0 Å². The second-order valence-electron chi connectivity index (χ2n) is 4.41. The molecule has 1 aromatic carbocycles. The molecule has 19 heavy (non-hydrogen) atoms. The van der Waals surface area contributed by atoms with Gasteiger partial charge in [0.15, 0.2) is 11.5 Å². The maximum Gasteiger partial charge on any atom is 0.240 e. The van der Waals surface area contributed by atoms with Crippen LogP contribution in [0.3, 0.4) is 0 Å². The summed E-state index contributed by atoms with van der Waals surface area (Å²) in [5, 5.41) is 3.95. The van der Waals surface area contributed by atoms with Crippen molar-refractivity contribution in [3.8, 4) is 22.9 Å². The van der Waals surface area contributed by atoms with Gasteiger partial charge in [0.1, 0.15) is 13.2 Å². The van der Waals surface area contributed by atoms with Crippen LogP contribution in [0.2, 0.25) is 0 Å². The Morgan fingerprint density at radius 1 is 1.21 bits per heavy atom. The zero-order valence-electron chi connectivity index (χ0n) is 10.9. The fraction of sp³-hybridized carbons (Fsp3) is 0.385. The lowest BCUT2D eigenvalue weighted by molar-refractivity contribution is 0.170. The van der Waals surface area contributed by atoms with Gasteiger partial charge in [-0.15, -0.1) is 0 Å². The number of aromatic nitrogens is 2. The van der Waals surface area contributed by atoms with E-state index in [0.29, 0.717) is 24.9 Å². The van der Waals surface area contributed by atoms with E-state index in [-0.39, 0.29) is 6.54 Å². The van der Waals surface area contributed by atoms with Crippen LogP contribution in [0.5, 0.6) is 11.5 Å². The Balaban J connectivity index is 2.13. The Labute approximate surface area is 110 Å². The van der Waals surface area contributed by atoms with Crippen LogP contribution in [0.25, 0.3) is 11.4 Å². The third-order valence-corrected chi connectivity index (χ3v) is 3.28. The van der Waals surface area contributed by atoms with Crippen molar-refractivity contribution < 1.29 is 14.0 Å². The van der Waals surface area contributed by atoms with Gasteiger partial charge in [-0.1, -0.05) is 5.16 Å². The maximum atomic E-state index is 5.64. The molecule has 0 spiro atoms. The molecule has 0 saturated carbocycles. The highest BCUT2D eigenvalue weighted by molar-refractivity contribution is 5.68. The molecule has 100 valence electrons. The summed E-state index contributed by atoms with van der Waals surface area (Å²) in [7, 11) is 0. The average molecular weight is 261 g/mol. The van der Waals surface area contributed by atoms with E-state index in [0.717, 1.165) is 28.2 Å². The van der Waals surface area contributed by atoms with Crippen LogP contribution in [0.4, 0.5) is 0 Å². The number of ether oxygens (including phenoxy) is 2. The molecular formula is C13H15N3O3. The second kappa shape index (κ2) is 4.55. The van der Waals surface area contributed by atoms with E-state index in [9.17, 15) is 0 Å². The molecule has 1 aliphatic heterocycles. The minimum atomic E-state index is 0.232. The predicted molar refractivity (Wildman–Crippen MR) is 68.1 cm³/mol. The molecule has 2 aromatic rings. The first-order valence-corrected chi connectivity index (χ1v) is 6.13. The minimum absolute atomic E-state index is 0.232. The molecule has 0 fully saturated rings.